The molecule has 0 aromatic heterocycles. The molecule has 3 heteroatoms. The summed E-state index contributed by atoms with van der Waals surface area (Å²) in [6.07, 6.45) is 2.82. The molecule has 0 aliphatic carbocycles. The first-order valence-corrected chi connectivity index (χ1v) is 5.03. The molecule has 3 nitrogen and oxygen atoms in total. The molecule has 0 fully saturated rings. The van der Waals surface area contributed by atoms with Crippen LogP contribution in [-0.2, 0) is 0 Å². The summed E-state index contributed by atoms with van der Waals surface area (Å²) in [5.41, 5.74) is 8.11. The molecule has 15 heavy (non-hydrogen) atoms. The monoisotopic (exact) mass is 201 g/mol. The van der Waals surface area contributed by atoms with E-state index in [-0.39, 0.29) is 0 Å². The van der Waals surface area contributed by atoms with Crippen molar-refractivity contribution in [1.29, 1.82) is 0 Å². The summed E-state index contributed by atoms with van der Waals surface area (Å²) >= 11 is 0. The van der Waals surface area contributed by atoms with E-state index in [9.17, 15) is 0 Å². The van der Waals surface area contributed by atoms with Crippen LogP contribution >= 0.6 is 0 Å². The summed E-state index contributed by atoms with van der Waals surface area (Å²) in [5, 5.41) is 0. The third-order valence-electron chi connectivity index (χ3n) is 2.53. The van der Waals surface area contributed by atoms with Crippen molar-refractivity contribution in [1.82, 2.24) is 4.90 Å². The molecule has 2 N–H and O–H groups in total. The lowest BCUT2D eigenvalue weighted by Crippen LogP contribution is -2.22. The zero-order valence-corrected chi connectivity index (χ0v) is 8.85. The summed E-state index contributed by atoms with van der Waals surface area (Å²) in [6, 6.07) is 10.2. The van der Waals surface area contributed by atoms with Gasteiger partial charge in [-0.1, -0.05) is 30.3 Å². The maximum atomic E-state index is 5.83. The zero-order valence-electron chi connectivity index (χ0n) is 8.85. The third-order valence-corrected chi connectivity index (χ3v) is 2.53. The van der Waals surface area contributed by atoms with E-state index in [4.69, 9.17) is 5.73 Å². The van der Waals surface area contributed by atoms with Gasteiger partial charge in [-0.3, -0.25) is 4.99 Å². The predicted molar refractivity (Wildman–Crippen MR) is 62.5 cm³/mol. The molecule has 0 unspecified atom stereocenters. The number of nitrogens with zero attached hydrogens (tertiary/aromatic N) is 2. The first kappa shape index (κ1) is 9.77. The van der Waals surface area contributed by atoms with Gasteiger partial charge in [0.1, 0.15) is 6.67 Å². The van der Waals surface area contributed by atoms with Gasteiger partial charge in [-0.2, -0.15) is 0 Å². The number of rotatable bonds is 1. The normalized spacial score (nSPS) is 16.7. The van der Waals surface area contributed by atoms with Crippen LogP contribution in [0.4, 0.5) is 0 Å². The highest BCUT2D eigenvalue weighted by Crippen LogP contribution is 2.10. The second-order valence-corrected chi connectivity index (χ2v) is 3.64. The first-order chi connectivity index (χ1) is 7.27. The Hall–Kier alpha value is -1.77. The van der Waals surface area contributed by atoms with Gasteiger partial charge in [0.15, 0.2) is 0 Å². The summed E-state index contributed by atoms with van der Waals surface area (Å²) < 4.78 is 0. The van der Waals surface area contributed by atoms with E-state index < -0.39 is 0 Å². The molecular weight excluding hydrogens is 186 g/mol. The minimum Gasteiger partial charge on any atom is -0.386 e. The van der Waals surface area contributed by atoms with Crippen LogP contribution in [0.25, 0.3) is 0 Å². The van der Waals surface area contributed by atoms with Gasteiger partial charge in [0, 0.05) is 19.2 Å². The van der Waals surface area contributed by atoms with Gasteiger partial charge >= 0.3 is 0 Å². The van der Waals surface area contributed by atoms with Crippen LogP contribution in [0.2, 0.25) is 0 Å². The Kier molecular flexibility index (Phi) is 2.72. The molecule has 0 spiro atoms. The van der Waals surface area contributed by atoms with E-state index in [1.807, 2.05) is 36.2 Å². The molecule has 1 aromatic rings. The van der Waals surface area contributed by atoms with E-state index in [1.54, 1.807) is 0 Å². The van der Waals surface area contributed by atoms with E-state index in [0.29, 0.717) is 6.67 Å². The number of nitrogens with two attached hydrogens (primary N) is 1. The van der Waals surface area contributed by atoms with Gasteiger partial charge < -0.3 is 10.6 Å². The lowest BCUT2D eigenvalue weighted by molar-refractivity contribution is 0.430. The number of hydrogen-bond donors (Lipinski definition) is 1. The summed E-state index contributed by atoms with van der Waals surface area (Å²) in [7, 11) is 1.95. The fourth-order valence-corrected chi connectivity index (χ4v) is 1.53. The number of aliphatic imine (C=N–C) groups is 1. The Morgan fingerprint density at radius 3 is 2.73 bits per heavy atom. The van der Waals surface area contributed by atoms with Crippen LogP contribution in [0.15, 0.2) is 47.2 Å². The van der Waals surface area contributed by atoms with Gasteiger partial charge in [-0.15, -0.1) is 0 Å². The van der Waals surface area contributed by atoms with Crippen LogP contribution in [0.1, 0.15) is 12.0 Å². The standard InChI is InChI=1S/C12H15N3/c1-15-9-14-11(7-8-12(15)13)10-5-3-2-4-6-10/h2-6,8H,7,9,13H2,1H3. The Balaban J connectivity index is 2.25. The van der Waals surface area contributed by atoms with Crippen molar-refractivity contribution < 1.29 is 0 Å². The predicted octanol–water partition coefficient (Wildman–Crippen LogP) is 1.57. The molecular formula is C12H15N3. The SMILES string of the molecule is CN1CN=C(c2ccccc2)CC=C1N. The van der Waals surface area contributed by atoms with E-state index in [1.165, 1.54) is 5.56 Å². The number of allylic oxidation sites excluding steroid dienone is 1. The second kappa shape index (κ2) is 4.17. The molecule has 0 radical (unpaired) electrons. The Labute approximate surface area is 89.9 Å². The third kappa shape index (κ3) is 2.18. The zero-order chi connectivity index (χ0) is 10.7. The molecule has 1 aromatic carbocycles. The molecule has 0 amide bonds. The van der Waals surface area contributed by atoms with Crippen molar-refractivity contribution in [2.45, 2.75) is 6.42 Å². The summed E-state index contributed by atoms with van der Waals surface area (Å²) in [4.78, 5) is 6.48. The quantitative estimate of drug-likeness (QED) is 0.749. The van der Waals surface area contributed by atoms with E-state index in [2.05, 4.69) is 17.1 Å². The summed E-state index contributed by atoms with van der Waals surface area (Å²) in [5.74, 6) is 0.796. The largest absolute Gasteiger partial charge is 0.386 e. The number of hydrogen-bond acceptors (Lipinski definition) is 3. The molecule has 0 saturated carbocycles. The van der Waals surface area contributed by atoms with E-state index >= 15 is 0 Å². The molecule has 1 aliphatic heterocycles. The van der Waals surface area contributed by atoms with Crippen LogP contribution < -0.4 is 5.73 Å². The molecule has 0 atom stereocenters. The minimum absolute atomic E-state index is 0.632. The minimum atomic E-state index is 0.632. The Bertz CT molecular complexity index is 393. The van der Waals surface area contributed by atoms with Gasteiger partial charge in [0.05, 0.1) is 5.82 Å². The Morgan fingerprint density at radius 2 is 2.00 bits per heavy atom. The highest BCUT2D eigenvalue weighted by atomic mass is 15.2. The van der Waals surface area contributed by atoms with Crippen molar-refractivity contribution >= 4 is 5.71 Å². The van der Waals surface area contributed by atoms with Crippen molar-refractivity contribution in [2.24, 2.45) is 10.7 Å². The maximum absolute atomic E-state index is 5.83. The number of benzene rings is 1. The summed E-state index contributed by atoms with van der Waals surface area (Å²) in [6.45, 7) is 0.632. The van der Waals surface area contributed by atoms with Gasteiger partial charge in [0.25, 0.3) is 0 Å². The lowest BCUT2D eigenvalue weighted by Gasteiger charge is -2.14. The van der Waals surface area contributed by atoms with Crippen LogP contribution in [0, 0.1) is 0 Å². The molecule has 0 saturated heterocycles. The highest BCUT2D eigenvalue weighted by Gasteiger charge is 2.08. The molecule has 2 rings (SSSR count). The van der Waals surface area contributed by atoms with Gasteiger partial charge in [-0.05, 0) is 11.6 Å². The van der Waals surface area contributed by atoms with Gasteiger partial charge in [0.2, 0.25) is 0 Å². The topological polar surface area (TPSA) is 41.6 Å². The maximum Gasteiger partial charge on any atom is 0.111 e. The van der Waals surface area contributed by atoms with Gasteiger partial charge in [-0.25, -0.2) is 0 Å². The van der Waals surface area contributed by atoms with Crippen molar-refractivity contribution in [3.8, 4) is 0 Å². The fraction of sp³-hybridized carbons (Fsp3) is 0.250. The lowest BCUT2D eigenvalue weighted by atomic mass is 10.1. The highest BCUT2D eigenvalue weighted by molar-refractivity contribution is 6.01. The molecule has 1 aliphatic rings. The smallest absolute Gasteiger partial charge is 0.111 e. The second-order valence-electron chi connectivity index (χ2n) is 3.64. The van der Waals surface area contributed by atoms with Crippen LogP contribution in [0.5, 0.6) is 0 Å². The van der Waals surface area contributed by atoms with Crippen molar-refractivity contribution in [3.05, 3.63) is 47.8 Å². The van der Waals surface area contributed by atoms with Crippen LogP contribution in [0.3, 0.4) is 0 Å². The van der Waals surface area contributed by atoms with E-state index in [0.717, 1.165) is 18.0 Å². The fourth-order valence-electron chi connectivity index (χ4n) is 1.53. The van der Waals surface area contributed by atoms with Crippen LogP contribution in [-0.4, -0.2) is 24.3 Å². The van der Waals surface area contributed by atoms with Crippen molar-refractivity contribution in [2.75, 3.05) is 13.7 Å². The Morgan fingerprint density at radius 1 is 1.27 bits per heavy atom. The van der Waals surface area contributed by atoms with Crippen molar-refractivity contribution in [3.63, 3.8) is 0 Å². The molecule has 0 bridgehead atoms. The first-order valence-electron chi connectivity index (χ1n) is 5.03. The average Bonchev–Trinajstić information content (AvgIpc) is 2.44. The molecule has 1 heterocycles. The molecule has 78 valence electrons. The average molecular weight is 201 g/mol.